The van der Waals surface area contributed by atoms with Crippen molar-refractivity contribution in [3.63, 3.8) is 0 Å². The van der Waals surface area contributed by atoms with Crippen LogP contribution in [0.25, 0.3) is 0 Å². The van der Waals surface area contributed by atoms with Crippen LogP contribution in [-0.2, 0) is 11.3 Å². The van der Waals surface area contributed by atoms with E-state index in [9.17, 15) is 0 Å². The molecular weight excluding hydrogens is 192 g/mol. The summed E-state index contributed by atoms with van der Waals surface area (Å²) >= 11 is 0. The van der Waals surface area contributed by atoms with E-state index in [2.05, 4.69) is 15.6 Å². The smallest absolute Gasteiger partial charge is 0.0692 e. The van der Waals surface area contributed by atoms with Crippen molar-refractivity contribution in [3.8, 4) is 0 Å². The van der Waals surface area contributed by atoms with E-state index in [0.717, 1.165) is 38.8 Å². The predicted octanol–water partition coefficient (Wildman–Crippen LogP) is 0.294. The van der Waals surface area contributed by atoms with Crippen molar-refractivity contribution in [2.45, 2.75) is 19.4 Å². The Labute approximate surface area is 89.8 Å². The van der Waals surface area contributed by atoms with Crippen molar-refractivity contribution >= 4 is 0 Å². The second-order valence-electron chi connectivity index (χ2n) is 3.93. The highest BCUT2D eigenvalue weighted by molar-refractivity contribution is 4.67. The molecule has 2 heterocycles. The molecule has 5 heteroatoms. The molecule has 15 heavy (non-hydrogen) atoms. The summed E-state index contributed by atoms with van der Waals surface area (Å²) in [6.45, 7) is 4.80. The van der Waals surface area contributed by atoms with Crippen LogP contribution in [-0.4, -0.2) is 41.3 Å². The Morgan fingerprint density at radius 3 is 3.00 bits per heavy atom. The fourth-order valence-electron chi connectivity index (χ4n) is 1.80. The molecule has 1 fully saturated rings. The lowest BCUT2D eigenvalue weighted by Crippen LogP contribution is -2.30. The molecule has 0 aliphatic carbocycles. The van der Waals surface area contributed by atoms with Gasteiger partial charge < -0.3 is 10.1 Å². The van der Waals surface area contributed by atoms with E-state index in [1.165, 1.54) is 12.8 Å². The molecule has 1 saturated heterocycles. The van der Waals surface area contributed by atoms with Crippen LogP contribution in [0.5, 0.6) is 0 Å². The van der Waals surface area contributed by atoms with E-state index in [1.807, 2.05) is 10.9 Å². The first-order valence-corrected chi connectivity index (χ1v) is 5.58. The van der Waals surface area contributed by atoms with Gasteiger partial charge in [0, 0.05) is 26.0 Å². The summed E-state index contributed by atoms with van der Waals surface area (Å²) in [5.41, 5.74) is 0. The second-order valence-corrected chi connectivity index (χ2v) is 3.93. The molecule has 0 radical (unpaired) electrons. The molecule has 0 spiro atoms. The molecule has 0 saturated carbocycles. The number of ether oxygens (including phenoxy) is 1. The van der Waals surface area contributed by atoms with E-state index in [0.29, 0.717) is 0 Å². The molecular formula is C10H18N4O. The van der Waals surface area contributed by atoms with Gasteiger partial charge in [-0.3, -0.25) is 4.68 Å². The van der Waals surface area contributed by atoms with Crippen LogP contribution in [0.3, 0.4) is 0 Å². The zero-order valence-corrected chi connectivity index (χ0v) is 8.93. The van der Waals surface area contributed by atoms with Crippen LogP contribution in [0, 0.1) is 5.92 Å². The maximum absolute atomic E-state index is 5.31. The Bertz CT molecular complexity index is 256. The molecule has 5 nitrogen and oxygen atoms in total. The molecule has 0 bridgehead atoms. The van der Waals surface area contributed by atoms with Gasteiger partial charge in [0.15, 0.2) is 0 Å². The third kappa shape index (κ3) is 3.60. The molecule has 0 aromatic carbocycles. The molecule has 1 N–H and O–H groups in total. The largest absolute Gasteiger partial charge is 0.381 e. The SMILES string of the molecule is c1cn(CCNCC2CCOCC2)nn1. The molecule has 0 unspecified atom stereocenters. The van der Waals surface area contributed by atoms with Gasteiger partial charge in [-0.05, 0) is 25.3 Å². The highest BCUT2D eigenvalue weighted by Gasteiger charge is 2.12. The van der Waals surface area contributed by atoms with Crippen molar-refractivity contribution in [3.05, 3.63) is 12.4 Å². The maximum atomic E-state index is 5.31. The maximum Gasteiger partial charge on any atom is 0.0692 e. The summed E-state index contributed by atoms with van der Waals surface area (Å²) in [4.78, 5) is 0. The minimum absolute atomic E-state index is 0.787. The number of aromatic nitrogens is 3. The van der Waals surface area contributed by atoms with Crippen LogP contribution in [0.2, 0.25) is 0 Å². The van der Waals surface area contributed by atoms with Crippen molar-refractivity contribution in [2.75, 3.05) is 26.3 Å². The Kier molecular flexibility index (Phi) is 4.11. The molecule has 1 aromatic rings. The van der Waals surface area contributed by atoms with Gasteiger partial charge in [-0.1, -0.05) is 5.21 Å². The number of nitrogens with zero attached hydrogens (tertiary/aromatic N) is 3. The van der Waals surface area contributed by atoms with Crippen molar-refractivity contribution in [1.82, 2.24) is 20.3 Å². The van der Waals surface area contributed by atoms with Gasteiger partial charge in [-0.2, -0.15) is 0 Å². The lowest BCUT2D eigenvalue weighted by atomic mass is 10.0. The molecule has 0 amide bonds. The zero-order valence-electron chi connectivity index (χ0n) is 8.93. The van der Waals surface area contributed by atoms with Crippen LogP contribution in [0.15, 0.2) is 12.4 Å². The van der Waals surface area contributed by atoms with E-state index < -0.39 is 0 Å². The Balaban J connectivity index is 1.54. The Hall–Kier alpha value is -0.940. The summed E-state index contributed by atoms with van der Waals surface area (Å²) in [5, 5.41) is 11.1. The van der Waals surface area contributed by atoms with E-state index in [4.69, 9.17) is 4.74 Å². The average Bonchev–Trinajstić information content (AvgIpc) is 2.79. The number of hydrogen-bond donors (Lipinski definition) is 1. The Morgan fingerprint density at radius 2 is 2.27 bits per heavy atom. The van der Waals surface area contributed by atoms with E-state index in [1.54, 1.807) is 6.20 Å². The highest BCUT2D eigenvalue weighted by atomic mass is 16.5. The molecule has 0 atom stereocenters. The summed E-state index contributed by atoms with van der Waals surface area (Å²) in [6.07, 6.45) is 5.97. The number of hydrogen-bond acceptors (Lipinski definition) is 4. The van der Waals surface area contributed by atoms with E-state index in [-0.39, 0.29) is 0 Å². The molecule has 1 aliphatic rings. The summed E-state index contributed by atoms with van der Waals surface area (Å²) in [7, 11) is 0. The lowest BCUT2D eigenvalue weighted by Gasteiger charge is -2.22. The van der Waals surface area contributed by atoms with Gasteiger partial charge in [-0.25, -0.2) is 0 Å². The molecule has 1 aliphatic heterocycles. The first kappa shape index (κ1) is 10.6. The average molecular weight is 210 g/mol. The first-order valence-electron chi connectivity index (χ1n) is 5.58. The van der Waals surface area contributed by atoms with Crippen molar-refractivity contribution in [1.29, 1.82) is 0 Å². The third-order valence-corrected chi connectivity index (χ3v) is 2.76. The van der Waals surface area contributed by atoms with Gasteiger partial charge in [0.1, 0.15) is 0 Å². The predicted molar refractivity (Wildman–Crippen MR) is 56.4 cm³/mol. The van der Waals surface area contributed by atoms with Crippen LogP contribution < -0.4 is 5.32 Å². The van der Waals surface area contributed by atoms with Crippen LogP contribution in [0.1, 0.15) is 12.8 Å². The van der Waals surface area contributed by atoms with Crippen LogP contribution in [0.4, 0.5) is 0 Å². The fourth-order valence-corrected chi connectivity index (χ4v) is 1.80. The zero-order chi connectivity index (χ0) is 10.3. The first-order chi connectivity index (χ1) is 7.45. The minimum atomic E-state index is 0.787. The van der Waals surface area contributed by atoms with E-state index >= 15 is 0 Å². The molecule has 84 valence electrons. The third-order valence-electron chi connectivity index (χ3n) is 2.76. The summed E-state index contributed by atoms with van der Waals surface area (Å²) in [6, 6.07) is 0. The normalized spacial score (nSPS) is 18.1. The van der Waals surface area contributed by atoms with Gasteiger partial charge in [0.05, 0.1) is 12.7 Å². The minimum Gasteiger partial charge on any atom is -0.381 e. The van der Waals surface area contributed by atoms with Gasteiger partial charge in [0.25, 0.3) is 0 Å². The van der Waals surface area contributed by atoms with Crippen molar-refractivity contribution in [2.24, 2.45) is 5.92 Å². The fraction of sp³-hybridized carbons (Fsp3) is 0.800. The number of nitrogens with one attached hydrogen (secondary N) is 1. The highest BCUT2D eigenvalue weighted by Crippen LogP contribution is 2.12. The topological polar surface area (TPSA) is 52.0 Å². The summed E-state index contributed by atoms with van der Waals surface area (Å²) in [5.74, 6) is 0.787. The van der Waals surface area contributed by atoms with Gasteiger partial charge in [0.2, 0.25) is 0 Å². The summed E-state index contributed by atoms with van der Waals surface area (Å²) < 4.78 is 7.16. The number of rotatable bonds is 5. The van der Waals surface area contributed by atoms with Crippen LogP contribution >= 0.6 is 0 Å². The second kappa shape index (κ2) is 5.82. The van der Waals surface area contributed by atoms with Gasteiger partial charge in [-0.15, -0.1) is 5.10 Å². The standard InChI is InChI=1S/C10H18N4O/c1-7-15-8-2-10(1)9-11-3-5-14-6-4-12-13-14/h4,6,10-11H,1-3,5,7-9H2. The molecule has 1 aromatic heterocycles. The lowest BCUT2D eigenvalue weighted by molar-refractivity contribution is 0.0663. The Morgan fingerprint density at radius 1 is 1.40 bits per heavy atom. The van der Waals surface area contributed by atoms with Crippen molar-refractivity contribution < 1.29 is 4.74 Å². The molecule has 2 rings (SSSR count). The van der Waals surface area contributed by atoms with Gasteiger partial charge >= 0.3 is 0 Å². The quantitative estimate of drug-likeness (QED) is 0.710. The monoisotopic (exact) mass is 210 g/mol.